The van der Waals surface area contributed by atoms with E-state index in [2.05, 4.69) is 87.9 Å². The van der Waals surface area contributed by atoms with E-state index in [-0.39, 0.29) is 5.41 Å². The molecule has 2 aliphatic heterocycles. The lowest BCUT2D eigenvalue weighted by Crippen LogP contribution is -2.35. The summed E-state index contributed by atoms with van der Waals surface area (Å²) in [7, 11) is 1.99. The predicted molar refractivity (Wildman–Crippen MR) is 150 cm³/mol. The lowest BCUT2D eigenvalue weighted by atomic mass is 9.91. The van der Waals surface area contributed by atoms with Crippen molar-refractivity contribution >= 4 is 28.7 Å². The van der Waals surface area contributed by atoms with Crippen molar-refractivity contribution < 1.29 is 5.11 Å². The smallest absolute Gasteiger partial charge is 0.137 e. The van der Waals surface area contributed by atoms with Gasteiger partial charge in [0.05, 0.1) is 11.2 Å². The van der Waals surface area contributed by atoms with Gasteiger partial charge in [0.15, 0.2) is 0 Å². The Kier molecular flexibility index (Phi) is 5.45. The molecule has 1 spiro atoms. The molecule has 2 fully saturated rings. The van der Waals surface area contributed by atoms with Crippen LogP contribution in [-0.4, -0.2) is 46.6 Å². The van der Waals surface area contributed by atoms with E-state index in [1.54, 1.807) is 0 Å². The fourth-order valence-electron chi connectivity index (χ4n) is 6.76. The number of rotatable bonds is 5. The monoisotopic (exact) mass is 490 g/mol. The molecular weight excluding hydrogens is 456 g/mol. The number of aliphatic hydroxyl groups is 1. The number of H-pyrrole nitrogens is 1. The minimum atomic E-state index is -0.489. The first kappa shape index (κ1) is 22.8. The Bertz CT molecular complexity index is 1470. The molecule has 37 heavy (non-hydrogen) atoms. The van der Waals surface area contributed by atoms with Crippen molar-refractivity contribution in [3.05, 3.63) is 94.7 Å². The van der Waals surface area contributed by atoms with E-state index in [0.717, 1.165) is 35.2 Å². The van der Waals surface area contributed by atoms with Crippen LogP contribution in [0, 0.1) is 0 Å². The van der Waals surface area contributed by atoms with Gasteiger partial charge in [0, 0.05) is 30.1 Å². The van der Waals surface area contributed by atoms with Crippen LogP contribution in [0.5, 0.6) is 0 Å². The minimum Gasteiger partial charge on any atom is -0.373 e. The second-order valence-corrected chi connectivity index (χ2v) is 11.1. The maximum atomic E-state index is 11.1. The third kappa shape index (κ3) is 3.80. The third-order valence-electron chi connectivity index (χ3n) is 8.90. The summed E-state index contributed by atoms with van der Waals surface area (Å²) in [5.74, 6) is 0.309. The van der Waals surface area contributed by atoms with Gasteiger partial charge in [0.2, 0.25) is 0 Å². The molecule has 1 aliphatic carbocycles. The number of piperidine rings is 1. The summed E-state index contributed by atoms with van der Waals surface area (Å²) in [5.41, 5.74) is 8.05. The van der Waals surface area contributed by atoms with Crippen LogP contribution in [0.3, 0.4) is 0 Å². The Labute approximate surface area is 218 Å². The Morgan fingerprint density at radius 1 is 1.00 bits per heavy atom. The molecule has 3 unspecified atom stereocenters. The van der Waals surface area contributed by atoms with Gasteiger partial charge in [0.1, 0.15) is 6.23 Å². The Morgan fingerprint density at radius 3 is 2.65 bits per heavy atom. The highest BCUT2D eigenvalue weighted by molar-refractivity contribution is 5.90. The topological polar surface area (TPSA) is 55.4 Å². The number of likely N-dealkylation sites (N-methyl/N-ethyl adjacent to an activating group) is 1. The normalized spacial score (nSPS) is 25.4. The number of likely N-dealkylation sites (tertiary alicyclic amines) is 1. The van der Waals surface area contributed by atoms with E-state index < -0.39 is 6.23 Å². The number of nitrogens with one attached hydrogen (secondary N) is 1. The van der Waals surface area contributed by atoms with Crippen molar-refractivity contribution in [3.63, 3.8) is 0 Å². The van der Waals surface area contributed by atoms with Crippen LogP contribution in [0.1, 0.15) is 59.5 Å². The molecule has 1 saturated carbocycles. The van der Waals surface area contributed by atoms with Crippen molar-refractivity contribution in [2.24, 2.45) is 0 Å². The minimum absolute atomic E-state index is 0.206. The number of para-hydroxylation sites is 1. The molecule has 0 bridgehead atoms. The number of hydrogen-bond donors (Lipinski definition) is 2. The lowest BCUT2D eigenvalue weighted by Gasteiger charge is -2.26. The molecule has 4 aromatic rings. The molecule has 2 N–H and O–H groups in total. The van der Waals surface area contributed by atoms with Gasteiger partial charge in [0.25, 0.3) is 0 Å². The van der Waals surface area contributed by atoms with E-state index in [0.29, 0.717) is 5.92 Å². The highest BCUT2D eigenvalue weighted by atomic mass is 16.3. The molecule has 1 saturated heterocycles. The maximum absolute atomic E-state index is 11.1. The average molecular weight is 491 g/mol. The summed E-state index contributed by atoms with van der Waals surface area (Å²) >= 11 is 0. The van der Waals surface area contributed by atoms with Crippen molar-refractivity contribution in [1.29, 1.82) is 0 Å². The van der Waals surface area contributed by atoms with E-state index in [9.17, 15) is 5.11 Å². The van der Waals surface area contributed by atoms with Crippen LogP contribution in [-0.2, 0) is 12.0 Å². The van der Waals surface area contributed by atoms with Crippen LogP contribution in [0.25, 0.3) is 23.1 Å². The summed E-state index contributed by atoms with van der Waals surface area (Å²) in [4.78, 5) is 4.58. The molecule has 3 aromatic carbocycles. The molecule has 7 rings (SSSR count). The zero-order chi connectivity index (χ0) is 25.0. The van der Waals surface area contributed by atoms with Crippen LogP contribution in [0.15, 0.2) is 66.7 Å². The Balaban J connectivity index is 1.08. The van der Waals surface area contributed by atoms with Gasteiger partial charge in [-0.15, -0.1) is 0 Å². The molecule has 188 valence electrons. The van der Waals surface area contributed by atoms with Crippen molar-refractivity contribution in [3.8, 4) is 0 Å². The number of anilines is 1. The van der Waals surface area contributed by atoms with E-state index >= 15 is 0 Å². The summed E-state index contributed by atoms with van der Waals surface area (Å²) in [5, 5.41) is 20.1. The fraction of sp³-hybridized carbons (Fsp3) is 0.344. The largest absolute Gasteiger partial charge is 0.373 e. The molecule has 5 nitrogen and oxygen atoms in total. The molecule has 3 aliphatic rings. The van der Waals surface area contributed by atoms with Crippen LogP contribution >= 0.6 is 0 Å². The summed E-state index contributed by atoms with van der Waals surface area (Å²) in [6, 6.07) is 24.0. The maximum Gasteiger partial charge on any atom is 0.137 e. The predicted octanol–water partition coefficient (Wildman–Crippen LogP) is 5.91. The Hall–Kier alpha value is -3.41. The molecule has 0 amide bonds. The third-order valence-corrected chi connectivity index (χ3v) is 8.90. The van der Waals surface area contributed by atoms with Gasteiger partial charge in [-0.3, -0.25) is 10.00 Å². The quantitative estimate of drug-likeness (QED) is 0.365. The number of aromatic nitrogens is 2. The summed E-state index contributed by atoms with van der Waals surface area (Å²) in [6.45, 7) is 3.50. The molecule has 0 radical (unpaired) electrons. The van der Waals surface area contributed by atoms with Gasteiger partial charge >= 0.3 is 0 Å². The first-order valence-corrected chi connectivity index (χ1v) is 13.6. The van der Waals surface area contributed by atoms with Gasteiger partial charge in [-0.1, -0.05) is 67.1 Å². The fourth-order valence-corrected chi connectivity index (χ4v) is 6.76. The van der Waals surface area contributed by atoms with E-state index in [4.69, 9.17) is 0 Å². The molecule has 3 heterocycles. The van der Waals surface area contributed by atoms with Crippen molar-refractivity contribution in [2.75, 3.05) is 25.0 Å². The van der Waals surface area contributed by atoms with Crippen molar-refractivity contribution in [2.45, 2.75) is 49.8 Å². The van der Waals surface area contributed by atoms with E-state index in [1.807, 2.05) is 18.0 Å². The Morgan fingerprint density at radius 2 is 1.81 bits per heavy atom. The van der Waals surface area contributed by atoms with Gasteiger partial charge in [-0.05, 0) is 78.7 Å². The standard InChI is InChI=1S/C32H34N4O/c1-35-30-8-4-3-7-26(30)32(31(35)37)20-27(32)24-14-15-25-28(33-34-29(25)19-24)16-13-22-9-11-23(12-10-22)21-36-17-5-2-6-18-36/h3-4,7-16,19,27,31,37H,2,5-6,17-18,20-21H2,1H3,(H,33,34)/b16-13+. The lowest BCUT2D eigenvalue weighted by molar-refractivity contribution is 0.141. The van der Waals surface area contributed by atoms with Crippen LogP contribution in [0.4, 0.5) is 5.69 Å². The summed E-state index contributed by atoms with van der Waals surface area (Å²) in [6.07, 6.45) is 8.75. The number of aliphatic hydroxyl groups excluding tert-OH is 1. The molecule has 3 atom stereocenters. The van der Waals surface area contributed by atoms with Gasteiger partial charge in [-0.25, -0.2) is 0 Å². The molecule has 1 aromatic heterocycles. The number of benzene rings is 3. The van der Waals surface area contributed by atoms with Crippen molar-refractivity contribution in [1.82, 2.24) is 15.1 Å². The van der Waals surface area contributed by atoms with Crippen LogP contribution in [0.2, 0.25) is 0 Å². The first-order valence-electron chi connectivity index (χ1n) is 13.6. The second kappa shape index (κ2) is 8.86. The number of hydrogen-bond acceptors (Lipinski definition) is 4. The molecular formula is C32H34N4O. The number of fused-ring (bicyclic) bond motifs is 3. The average Bonchev–Trinajstić information content (AvgIpc) is 3.52. The number of aromatic amines is 1. The second-order valence-electron chi connectivity index (χ2n) is 11.1. The SMILES string of the molecule is CN1c2ccccc2C2(CC2c2ccc3c(/C=C/c4ccc(CN5CCCCC5)cc4)n[nH]c3c2)C1O. The zero-order valence-electron chi connectivity index (χ0n) is 21.4. The summed E-state index contributed by atoms with van der Waals surface area (Å²) < 4.78 is 0. The molecule has 5 heteroatoms. The number of nitrogens with zero attached hydrogens (tertiary/aromatic N) is 3. The highest BCUT2D eigenvalue weighted by Gasteiger charge is 2.65. The van der Waals surface area contributed by atoms with Crippen LogP contribution < -0.4 is 4.90 Å². The zero-order valence-corrected chi connectivity index (χ0v) is 21.4. The van der Waals surface area contributed by atoms with Gasteiger partial charge in [-0.2, -0.15) is 5.10 Å². The van der Waals surface area contributed by atoms with Gasteiger partial charge < -0.3 is 10.0 Å². The van der Waals surface area contributed by atoms with E-state index in [1.165, 1.54) is 54.6 Å². The highest BCUT2D eigenvalue weighted by Crippen LogP contribution is 2.67. The first-order chi connectivity index (χ1) is 18.1.